The van der Waals surface area contributed by atoms with Crippen LogP contribution in [0.4, 0.5) is 0 Å². The predicted molar refractivity (Wildman–Crippen MR) is 84.9 cm³/mol. The van der Waals surface area contributed by atoms with E-state index in [-0.39, 0.29) is 11.8 Å². The number of rotatable bonds is 11. The molecule has 0 spiro atoms. The third-order valence-electron chi connectivity index (χ3n) is 3.27. The molecule has 0 aliphatic carbocycles. The van der Waals surface area contributed by atoms with E-state index in [1.54, 1.807) is 17.1 Å². The van der Waals surface area contributed by atoms with Crippen LogP contribution in [0.25, 0.3) is 0 Å². The van der Waals surface area contributed by atoms with E-state index in [9.17, 15) is 9.59 Å². The Hall–Kier alpha value is -1.85. The van der Waals surface area contributed by atoms with E-state index in [4.69, 9.17) is 0 Å². The van der Waals surface area contributed by atoms with E-state index in [0.717, 1.165) is 32.2 Å². The number of unbranched alkanes of at least 4 members (excludes halogenated alkanes) is 3. The van der Waals surface area contributed by atoms with Crippen LogP contribution >= 0.6 is 0 Å². The van der Waals surface area contributed by atoms with Gasteiger partial charge in [0.2, 0.25) is 12.2 Å². The smallest absolute Gasteiger partial charge is 0.262 e. The second-order valence-electron chi connectivity index (χ2n) is 6.00. The predicted octanol–water partition coefficient (Wildman–Crippen LogP) is 1.14. The first kappa shape index (κ1) is 18.2. The molecule has 6 nitrogen and oxygen atoms in total. The van der Waals surface area contributed by atoms with E-state index in [0.29, 0.717) is 25.4 Å². The summed E-state index contributed by atoms with van der Waals surface area (Å²) in [6, 6.07) is 0. The van der Waals surface area contributed by atoms with Gasteiger partial charge in [0, 0.05) is 19.5 Å². The molecule has 0 saturated carbocycles. The average Bonchev–Trinajstić information content (AvgIpc) is 2.93. The first-order valence-electron chi connectivity index (χ1n) is 8.13. The largest absolute Gasteiger partial charge is 0.356 e. The van der Waals surface area contributed by atoms with Crippen LogP contribution in [0.5, 0.6) is 0 Å². The molecule has 1 aromatic heterocycles. The normalized spacial score (nSPS) is 10.7. The van der Waals surface area contributed by atoms with Crippen LogP contribution in [0.2, 0.25) is 0 Å². The van der Waals surface area contributed by atoms with Crippen molar-refractivity contribution in [1.82, 2.24) is 15.6 Å². The van der Waals surface area contributed by atoms with E-state index in [2.05, 4.69) is 15.6 Å². The molecule has 124 valence electrons. The monoisotopic (exact) mass is 309 g/mol. The lowest BCUT2D eigenvalue weighted by molar-refractivity contribution is -0.683. The average molecular weight is 309 g/mol. The maximum Gasteiger partial charge on any atom is 0.262 e. The first-order valence-corrected chi connectivity index (χ1v) is 8.13. The fraction of sp³-hybridized carbons (Fsp3) is 0.688. The number of amides is 2. The summed E-state index contributed by atoms with van der Waals surface area (Å²) in [5, 5.41) is 5.84. The molecule has 0 aliphatic heterocycles. The van der Waals surface area contributed by atoms with Crippen molar-refractivity contribution >= 4 is 11.8 Å². The van der Waals surface area contributed by atoms with Crippen LogP contribution in [-0.4, -0.2) is 29.9 Å². The Morgan fingerprint density at radius 2 is 1.68 bits per heavy atom. The highest BCUT2D eigenvalue weighted by molar-refractivity contribution is 5.76. The Morgan fingerprint density at radius 1 is 1.05 bits per heavy atom. The van der Waals surface area contributed by atoms with Crippen molar-refractivity contribution in [3.05, 3.63) is 18.7 Å². The van der Waals surface area contributed by atoms with Crippen molar-refractivity contribution in [2.45, 2.75) is 52.5 Å². The summed E-state index contributed by atoms with van der Waals surface area (Å²) >= 11 is 0. The summed E-state index contributed by atoms with van der Waals surface area (Å²) in [4.78, 5) is 25.9. The maximum atomic E-state index is 11.6. The molecule has 2 amide bonds. The molecule has 3 N–H and O–H groups in total. The summed E-state index contributed by atoms with van der Waals surface area (Å²) in [5.41, 5.74) is 0. The number of H-pyrrole nitrogens is 1. The Bertz CT molecular complexity index is 429. The maximum absolute atomic E-state index is 11.6. The highest BCUT2D eigenvalue weighted by Gasteiger charge is 2.05. The van der Waals surface area contributed by atoms with Crippen LogP contribution in [0.1, 0.15) is 46.0 Å². The van der Waals surface area contributed by atoms with Gasteiger partial charge >= 0.3 is 0 Å². The molecule has 0 saturated heterocycles. The third kappa shape index (κ3) is 9.15. The zero-order valence-corrected chi connectivity index (χ0v) is 13.7. The zero-order valence-electron chi connectivity index (χ0n) is 13.7. The van der Waals surface area contributed by atoms with Crippen molar-refractivity contribution in [2.24, 2.45) is 5.92 Å². The van der Waals surface area contributed by atoms with Crippen molar-refractivity contribution in [3.63, 3.8) is 0 Å². The standard InChI is InChI=1S/C16H28N4O2/c1-14(2)11-15(21)18-7-5-3-4-6-8-19-16(22)12-20-10-9-17-13-20/h9-10,13-14H,3-8,11-12H2,1-2H3,(H2,18,19,21,22)/p+1. The number of hydrogen-bond acceptors (Lipinski definition) is 2. The van der Waals surface area contributed by atoms with Gasteiger partial charge < -0.3 is 10.6 Å². The minimum absolute atomic E-state index is 0.0329. The Kier molecular flexibility index (Phi) is 8.95. The van der Waals surface area contributed by atoms with Crippen LogP contribution in [-0.2, 0) is 16.1 Å². The van der Waals surface area contributed by atoms with Crippen molar-refractivity contribution < 1.29 is 14.2 Å². The number of hydrogen-bond donors (Lipinski definition) is 3. The van der Waals surface area contributed by atoms with E-state index < -0.39 is 0 Å². The van der Waals surface area contributed by atoms with Gasteiger partial charge in [0.15, 0.2) is 6.54 Å². The van der Waals surface area contributed by atoms with Crippen LogP contribution in [0, 0.1) is 5.92 Å². The number of nitrogens with zero attached hydrogens (tertiary/aromatic N) is 1. The fourth-order valence-corrected chi connectivity index (χ4v) is 2.14. The van der Waals surface area contributed by atoms with Crippen molar-refractivity contribution in [3.8, 4) is 0 Å². The molecule has 0 aromatic carbocycles. The number of aromatic nitrogens is 2. The molecule has 0 radical (unpaired) electrons. The molecular formula is C16H29N4O2+. The number of carbonyl (C=O) groups excluding carboxylic acids is 2. The van der Waals surface area contributed by atoms with Crippen molar-refractivity contribution in [1.29, 1.82) is 0 Å². The Morgan fingerprint density at radius 3 is 2.23 bits per heavy atom. The highest BCUT2D eigenvalue weighted by atomic mass is 16.2. The minimum Gasteiger partial charge on any atom is -0.356 e. The van der Waals surface area contributed by atoms with E-state index in [1.165, 1.54) is 0 Å². The van der Waals surface area contributed by atoms with E-state index in [1.807, 2.05) is 20.0 Å². The molecule has 0 fully saturated rings. The van der Waals surface area contributed by atoms with Gasteiger partial charge in [0.1, 0.15) is 12.4 Å². The summed E-state index contributed by atoms with van der Waals surface area (Å²) in [6.45, 7) is 5.90. The quantitative estimate of drug-likeness (QED) is 0.423. The Labute approximate surface area is 132 Å². The minimum atomic E-state index is 0.0329. The van der Waals surface area contributed by atoms with Gasteiger partial charge in [-0.15, -0.1) is 0 Å². The summed E-state index contributed by atoms with van der Waals surface area (Å²) in [7, 11) is 0. The summed E-state index contributed by atoms with van der Waals surface area (Å²) in [5.74, 6) is 0.586. The molecule has 6 heteroatoms. The zero-order chi connectivity index (χ0) is 16.2. The molecule has 1 heterocycles. The molecule has 0 bridgehead atoms. The fourth-order valence-electron chi connectivity index (χ4n) is 2.14. The van der Waals surface area contributed by atoms with Gasteiger partial charge in [-0.3, -0.25) is 14.6 Å². The topological polar surface area (TPSA) is 77.9 Å². The molecule has 0 unspecified atom stereocenters. The summed E-state index contributed by atoms with van der Waals surface area (Å²) in [6.07, 6.45) is 10.1. The second-order valence-corrected chi connectivity index (χ2v) is 6.00. The Balaban J connectivity index is 1.89. The lowest BCUT2D eigenvalue weighted by Crippen LogP contribution is -2.41. The van der Waals surface area contributed by atoms with Gasteiger partial charge in [-0.2, -0.15) is 0 Å². The molecule has 0 atom stereocenters. The third-order valence-corrected chi connectivity index (χ3v) is 3.27. The molecular weight excluding hydrogens is 280 g/mol. The van der Waals surface area contributed by atoms with Gasteiger partial charge in [-0.05, 0) is 18.8 Å². The lowest BCUT2D eigenvalue weighted by Gasteiger charge is -2.07. The highest BCUT2D eigenvalue weighted by Crippen LogP contribution is 2.00. The lowest BCUT2D eigenvalue weighted by atomic mass is 10.1. The second kappa shape index (κ2) is 10.8. The number of imidazole rings is 1. The van der Waals surface area contributed by atoms with Crippen LogP contribution in [0.15, 0.2) is 18.7 Å². The van der Waals surface area contributed by atoms with E-state index >= 15 is 0 Å². The number of nitrogens with one attached hydrogen (secondary N) is 3. The molecule has 0 aliphatic rings. The van der Waals surface area contributed by atoms with Gasteiger partial charge in [0.05, 0.1) is 0 Å². The number of aromatic amines is 1. The van der Waals surface area contributed by atoms with Crippen molar-refractivity contribution in [2.75, 3.05) is 13.1 Å². The first-order chi connectivity index (χ1) is 10.6. The number of carbonyl (C=O) groups is 2. The summed E-state index contributed by atoms with van der Waals surface area (Å²) < 4.78 is 1.80. The van der Waals surface area contributed by atoms with Gasteiger partial charge in [-0.1, -0.05) is 26.7 Å². The van der Waals surface area contributed by atoms with Crippen LogP contribution < -0.4 is 15.2 Å². The van der Waals surface area contributed by atoms with Gasteiger partial charge in [-0.25, -0.2) is 4.57 Å². The molecule has 22 heavy (non-hydrogen) atoms. The molecule has 1 aromatic rings. The van der Waals surface area contributed by atoms with Crippen LogP contribution in [0.3, 0.4) is 0 Å². The molecule has 1 rings (SSSR count). The SMILES string of the molecule is CC(C)CC(=O)NCCCCCCNC(=O)C[n+]1cc[nH]c1. The van der Waals surface area contributed by atoms with Gasteiger partial charge in [0.25, 0.3) is 5.91 Å².